The molecule has 0 radical (unpaired) electrons. The second-order valence-corrected chi connectivity index (χ2v) is 3.49. The first kappa shape index (κ1) is 11.3. The van der Waals surface area contributed by atoms with E-state index >= 15 is 0 Å². The van der Waals surface area contributed by atoms with Crippen LogP contribution in [0.25, 0.3) is 0 Å². The Kier molecular flexibility index (Phi) is 3.15. The highest BCUT2D eigenvalue weighted by Gasteiger charge is 2.37. The van der Waals surface area contributed by atoms with Gasteiger partial charge in [0.1, 0.15) is 0 Å². The first-order chi connectivity index (χ1) is 8.22. The number of benzene rings is 1. The van der Waals surface area contributed by atoms with Crippen LogP contribution in [0.5, 0.6) is 0 Å². The summed E-state index contributed by atoms with van der Waals surface area (Å²) in [6.07, 6.45) is 1.46. The third kappa shape index (κ3) is 2.31. The van der Waals surface area contributed by atoms with Gasteiger partial charge in [-0.05, 0) is 5.56 Å². The molecular formula is C11H11N3O3. The van der Waals surface area contributed by atoms with Crippen LogP contribution in [0.1, 0.15) is 5.56 Å². The van der Waals surface area contributed by atoms with E-state index in [1.807, 2.05) is 30.3 Å². The molecule has 1 aromatic carbocycles. The molecule has 0 spiro atoms. The SMILES string of the molecule is O=C1NC(=O)N(N=Cc2ccccc2)C1CO. The van der Waals surface area contributed by atoms with Crippen LogP contribution in [0.3, 0.4) is 0 Å². The van der Waals surface area contributed by atoms with Gasteiger partial charge < -0.3 is 5.11 Å². The fraction of sp³-hybridized carbons (Fsp3) is 0.182. The largest absolute Gasteiger partial charge is 0.394 e. The maximum atomic E-state index is 11.3. The zero-order chi connectivity index (χ0) is 12.3. The lowest BCUT2D eigenvalue weighted by Gasteiger charge is -2.12. The fourth-order valence-corrected chi connectivity index (χ4v) is 1.46. The third-order valence-corrected chi connectivity index (χ3v) is 2.34. The number of hydrazone groups is 1. The van der Waals surface area contributed by atoms with E-state index in [0.717, 1.165) is 10.6 Å². The third-order valence-electron chi connectivity index (χ3n) is 2.34. The molecule has 17 heavy (non-hydrogen) atoms. The quantitative estimate of drug-likeness (QED) is 0.566. The molecule has 0 aromatic heterocycles. The molecule has 1 heterocycles. The highest BCUT2D eigenvalue weighted by molar-refractivity contribution is 6.04. The molecule has 0 aliphatic carbocycles. The summed E-state index contributed by atoms with van der Waals surface area (Å²) in [6, 6.07) is 7.59. The van der Waals surface area contributed by atoms with Gasteiger partial charge in [-0.3, -0.25) is 10.1 Å². The van der Waals surface area contributed by atoms with Crippen molar-refractivity contribution in [2.45, 2.75) is 6.04 Å². The Morgan fingerprint density at radius 1 is 1.35 bits per heavy atom. The van der Waals surface area contributed by atoms with Crippen molar-refractivity contribution in [1.82, 2.24) is 10.3 Å². The zero-order valence-corrected chi connectivity index (χ0v) is 8.91. The van der Waals surface area contributed by atoms with Crippen LogP contribution in [0.2, 0.25) is 0 Å². The van der Waals surface area contributed by atoms with Gasteiger partial charge >= 0.3 is 6.03 Å². The number of imide groups is 1. The smallest absolute Gasteiger partial charge is 0.345 e. The molecule has 2 N–H and O–H groups in total. The summed E-state index contributed by atoms with van der Waals surface area (Å²) < 4.78 is 0. The van der Waals surface area contributed by atoms with Crippen LogP contribution in [-0.4, -0.2) is 40.9 Å². The first-order valence-corrected chi connectivity index (χ1v) is 5.06. The normalized spacial score (nSPS) is 20.1. The number of aliphatic hydroxyl groups is 1. The second kappa shape index (κ2) is 4.75. The highest BCUT2D eigenvalue weighted by Crippen LogP contribution is 2.08. The maximum absolute atomic E-state index is 11.3. The maximum Gasteiger partial charge on any atom is 0.345 e. The standard InChI is InChI=1S/C11H11N3O3/c15-7-9-10(16)13-11(17)14(9)12-6-8-4-2-1-3-5-8/h1-6,9,15H,7H2,(H,13,16,17). The van der Waals surface area contributed by atoms with Crippen LogP contribution in [0.15, 0.2) is 35.4 Å². The highest BCUT2D eigenvalue weighted by atomic mass is 16.3. The van der Waals surface area contributed by atoms with E-state index in [9.17, 15) is 9.59 Å². The van der Waals surface area contributed by atoms with E-state index in [2.05, 4.69) is 10.4 Å². The monoisotopic (exact) mass is 233 g/mol. The lowest BCUT2D eigenvalue weighted by molar-refractivity contribution is -0.122. The van der Waals surface area contributed by atoms with Crippen LogP contribution in [0.4, 0.5) is 4.79 Å². The minimum Gasteiger partial charge on any atom is -0.394 e. The number of urea groups is 1. The van der Waals surface area contributed by atoms with Gasteiger partial charge in [-0.2, -0.15) is 10.1 Å². The van der Waals surface area contributed by atoms with Crippen LogP contribution in [-0.2, 0) is 4.79 Å². The zero-order valence-electron chi connectivity index (χ0n) is 8.91. The van der Waals surface area contributed by atoms with Crippen molar-refractivity contribution < 1.29 is 14.7 Å². The summed E-state index contributed by atoms with van der Waals surface area (Å²) in [5.74, 6) is -0.539. The summed E-state index contributed by atoms with van der Waals surface area (Å²) in [4.78, 5) is 22.6. The molecule has 1 saturated heterocycles. The Bertz CT molecular complexity index is 458. The molecule has 1 aliphatic heterocycles. The number of amides is 3. The fourth-order valence-electron chi connectivity index (χ4n) is 1.46. The van der Waals surface area contributed by atoms with Gasteiger partial charge in [0.05, 0.1) is 12.8 Å². The Morgan fingerprint density at radius 2 is 2.06 bits per heavy atom. The summed E-state index contributed by atoms with van der Waals surface area (Å²) in [5, 5.41) is 15.9. The molecule has 0 saturated carbocycles. The van der Waals surface area contributed by atoms with Crippen molar-refractivity contribution in [3.63, 3.8) is 0 Å². The van der Waals surface area contributed by atoms with Gasteiger partial charge in [-0.15, -0.1) is 0 Å². The van der Waals surface area contributed by atoms with E-state index in [4.69, 9.17) is 5.11 Å². The summed E-state index contributed by atoms with van der Waals surface area (Å²) in [6.45, 7) is -0.455. The molecule has 88 valence electrons. The molecule has 3 amide bonds. The van der Waals surface area contributed by atoms with Crippen LogP contribution < -0.4 is 5.32 Å². The topological polar surface area (TPSA) is 82.0 Å². The molecule has 1 aliphatic rings. The lowest BCUT2D eigenvalue weighted by Crippen LogP contribution is -2.33. The number of hydrogen-bond donors (Lipinski definition) is 2. The molecule has 0 bridgehead atoms. The van der Waals surface area contributed by atoms with Gasteiger partial charge in [-0.25, -0.2) is 4.79 Å². The average Bonchev–Trinajstić information content (AvgIpc) is 2.62. The van der Waals surface area contributed by atoms with Crippen molar-refractivity contribution in [2.75, 3.05) is 6.61 Å². The van der Waals surface area contributed by atoms with Gasteiger partial charge in [0.25, 0.3) is 5.91 Å². The number of carbonyl (C=O) groups excluding carboxylic acids is 2. The van der Waals surface area contributed by atoms with Gasteiger partial charge in [-0.1, -0.05) is 30.3 Å². The van der Waals surface area contributed by atoms with Crippen LogP contribution in [0, 0.1) is 0 Å². The summed E-state index contributed by atoms with van der Waals surface area (Å²) in [5.41, 5.74) is 0.802. The minimum atomic E-state index is -0.942. The average molecular weight is 233 g/mol. The van der Waals surface area contributed by atoms with E-state index in [-0.39, 0.29) is 0 Å². The second-order valence-electron chi connectivity index (χ2n) is 3.49. The number of nitrogens with one attached hydrogen (secondary N) is 1. The Morgan fingerprint density at radius 3 is 2.71 bits per heavy atom. The summed E-state index contributed by atoms with van der Waals surface area (Å²) >= 11 is 0. The van der Waals surface area contributed by atoms with Crippen LogP contribution >= 0.6 is 0 Å². The predicted molar refractivity (Wildman–Crippen MR) is 60.3 cm³/mol. The van der Waals surface area contributed by atoms with Crippen molar-refractivity contribution in [1.29, 1.82) is 0 Å². The Labute approximate surface area is 97.5 Å². The Hall–Kier alpha value is -2.21. The number of rotatable bonds is 3. The molecule has 1 atom stereocenters. The molecule has 1 unspecified atom stereocenters. The van der Waals surface area contributed by atoms with Gasteiger partial charge in [0.15, 0.2) is 6.04 Å². The Balaban J connectivity index is 2.15. The number of nitrogens with zero attached hydrogens (tertiary/aromatic N) is 2. The van der Waals surface area contributed by atoms with E-state index in [1.165, 1.54) is 6.21 Å². The number of carbonyl (C=O) groups is 2. The molecular weight excluding hydrogens is 222 g/mol. The van der Waals surface area contributed by atoms with Crippen molar-refractivity contribution in [3.8, 4) is 0 Å². The first-order valence-electron chi connectivity index (χ1n) is 5.06. The van der Waals surface area contributed by atoms with Gasteiger partial charge in [0, 0.05) is 0 Å². The molecule has 1 fully saturated rings. The molecule has 6 heteroatoms. The van der Waals surface area contributed by atoms with Crippen molar-refractivity contribution in [3.05, 3.63) is 35.9 Å². The van der Waals surface area contributed by atoms with E-state index in [0.29, 0.717) is 0 Å². The van der Waals surface area contributed by atoms with Crippen molar-refractivity contribution in [2.24, 2.45) is 5.10 Å². The minimum absolute atomic E-state index is 0.455. The number of hydrogen-bond acceptors (Lipinski definition) is 4. The summed E-state index contributed by atoms with van der Waals surface area (Å²) in [7, 11) is 0. The number of aliphatic hydroxyl groups excluding tert-OH is 1. The van der Waals surface area contributed by atoms with Crippen molar-refractivity contribution >= 4 is 18.2 Å². The predicted octanol–water partition coefficient (Wildman–Crippen LogP) is -0.0668. The van der Waals surface area contributed by atoms with Gasteiger partial charge in [0.2, 0.25) is 0 Å². The van der Waals surface area contributed by atoms with E-state index in [1.54, 1.807) is 0 Å². The molecule has 2 rings (SSSR count). The molecule has 6 nitrogen and oxygen atoms in total. The lowest BCUT2D eigenvalue weighted by atomic mass is 10.2. The molecule has 1 aromatic rings. The van der Waals surface area contributed by atoms with E-state index < -0.39 is 24.6 Å².